The molecule has 5 nitrogen and oxygen atoms in total. The summed E-state index contributed by atoms with van der Waals surface area (Å²) in [4.78, 5) is 27.4. The maximum atomic E-state index is 12.9. The summed E-state index contributed by atoms with van der Waals surface area (Å²) in [7, 11) is 0. The van der Waals surface area contributed by atoms with Crippen LogP contribution >= 0.6 is 0 Å². The van der Waals surface area contributed by atoms with E-state index in [-0.39, 0.29) is 17.7 Å². The predicted molar refractivity (Wildman–Crippen MR) is 109 cm³/mol. The van der Waals surface area contributed by atoms with E-state index in [0.717, 1.165) is 50.9 Å². The fraction of sp³-hybridized carbons (Fsp3) is 0.391. The average molecular weight is 375 g/mol. The summed E-state index contributed by atoms with van der Waals surface area (Å²) in [5.74, 6) is 0.161. The number of amides is 2. The van der Waals surface area contributed by atoms with Crippen LogP contribution in [0.25, 0.3) is 0 Å². The Morgan fingerprint density at radius 3 is 2.50 bits per heavy atom. The Bertz CT molecular complexity index is 931. The molecule has 2 fully saturated rings. The molecule has 5 rings (SSSR count). The number of nitrogens with one attached hydrogen (secondary N) is 2. The topological polar surface area (TPSA) is 61.4 Å². The van der Waals surface area contributed by atoms with Crippen LogP contribution in [0.5, 0.6) is 0 Å². The highest BCUT2D eigenvalue weighted by molar-refractivity contribution is 6.02. The lowest BCUT2D eigenvalue weighted by Crippen LogP contribution is -2.33. The van der Waals surface area contributed by atoms with Crippen molar-refractivity contribution < 1.29 is 9.59 Å². The molecular weight excluding hydrogens is 350 g/mol. The standard InChI is InChI=1S/C23H25N3O2/c27-22(16-5-6-16)25-19-9-10-21(20(13-19)23(28)24-18-7-8-18)26-12-11-15-3-1-2-4-17(15)14-26/h1-4,9-10,13,16,18H,5-8,11-12,14H2,(H,24,28)(H,25,27). The minimum atomic E-state index is -0.0427. The van der Waals surface area contributed by atoms with Gasteiger partial charge >= 0.3 is 0 Å². The van der Waals surface area contributed by atoms with Crippen LogP contribution < -0.4 is 15.5 Å². The summed E-state index contributed by atoms with van der Waals surface area (Å²) < 4.78 is 0. The van der Waals surface area contributed by atoms with E-state index in [4.69, 9.17) is 0 Å². The van der Waals surface area contributed by atoms with E-state index in [1.807, 2.05) is 18.2 Å². The first-order valence-corrected chi connectivity index (χ1v) is 10.2. The molecule has 0 spiro atoms. The molecule has 2 aromatic carbocycles. The lowest BCUT2D eigenvalue weighted by molar-refractivity contribution is -0.117. The molecule has 0 radical (unpaired) electrons. The summed E-state index contributed by atoms with van der Waals surface area (Å²) >= 11 is 0. The van der Waals surface area contributed by atoms with Crippen molar-refractivity contribution in [1.29, 1.82) is 0 Å². The Hall–Kier alpha value is -2.82. The van der Waals surface area contributed by atoms with Gasteiger partial charge in [0.05, 0.1) is 5.56 Å². The first-order valence-electron chi connectivity index (χ1n) is 10.2. The van der Waals surface area contributed by atoms with Gasteiger partial charge in [0, 0.05) is 36.4 Å². The summed E-state index contributed by atoms with van der Waals surface area (Å²) in [6, 6.07) is 14.5. The first-order chi connectivity index (χ1) is 13.7. The van der Waals surface area contributed by atoms with Crippen molar-refractivity contribution in [2.45, 2.75) is 44.7 Å². The number of hydrogen-bond acceptors (Lipinski definition) is 3. The molecule has 3 aliphatic rings. The number of carbonyl (C=O) groups excluding carboxylic acids is 2. The van der Waals surface area contributed by atoms with E-state index >= 15 is 0 Å². The molecule has 2 aromatic rings. The maximum Gasteiger partial charge on any atom is 0.253 e. The second kappa shape index (κ2) is 6.97. The molecule has 0 aromatic heterocycles. The van der Waals surface area contributed by atoms with Gasteiger partial charge in [0.1, 0.15) is 0 Å². The summed E-state index contributed by atoms with van der Waals surface area (Å²) in [6.45, 7) is 1.68. The van der Waals surface area contributed by atoms with Gasteiger partial charge in [-0.1, -0.05) is 24.3 Å². The van der Waals surface area contributed by atoms with Crippen LogP contribution in [-0.2, 0) is 17.8 Å². The highest BCUT2D eigenvalue weighted by Gasteiger charge is 2.30. The maximum absolute atomic E-state index is 12.9. The zero-order valence-corrected chi connectivity index (χ0v) is 15.9. The van der Waals surface area contributed by atoms with Gasteiger partial charge in [-0.2, -0.15) is 0 Å². The highest BCUT2D eigenvalue weighted by atomic mass is 16.2. The number of rotatable bonds is 5. The van der Waals surface area contributed by atoms with Gasteiger partial charge in [-0.25, -0.2) is 0 Å². The highest BCUT2D eigenvalue weighted by Crippen LogP contribution is 2.33. The number of hydrogen-bond donors (Lipinski definition) is 2. The van der Waals surface area contributed by atoms with Gasteiger partial charge < -0.3 is 15.5 Å². The minimum Gasteiger partial charge on any atom is -0.366 e. The van der Waals surface area contributed by atoms with Crippen molar-refractivity contribution in [1.82, 2.24) is 5.32 Å². The van der Waals surface area contributed by atoms with Gasteiger partial charge in [-0.3, -0.25) is 9.59 Å². The third-order valence-corrected chi connectivity index (χ3v) is 5.84. The Morgan fingerprint density at radius 2 is 1.75 bits per heavy atom. The van der Waals surface area contributed by atoms with Crippen molar-refractivity contribution in [2.75, 3.05) is 16.8 Å². The second-order valence-corrected chi connectivity index (χ2v) is 8.18. The second-order valence-electron chi connectivity index (χ2n) is 8.18. The lowest BCUT2D eigenvalue weighted by atomic mass is 9.98. The molecule has 144 valence electrons. The SMILES string of the molecule is O=C(NC1CC1)c1cc(NC(=O)C2CC2)ccc1N1CCc2ccccc2C1. The number of nitrogens with zero attached hydrogens (tertiary/aromatic N) is 1. The molecule has 2 amide bonds. The smallest absolute Gasteiger partial charge is 0.253 e. The van der Waals surface area contributed by atoms with Gasteiger partial charge in [-0.15, -0.1) is 0 Å². The van der Waals surface area contributed by atoms with Gasteiger partial charge in [0.15, 0.2) is 0 Å². The molecule has 1 aliphatic heterocycles. The van der Waals surface area contributed by atoms with E-state index in [1.54, 1.807) is 0 Å². The largest absolute Gasteiger partial charge is 0.366 e. The van der Waals surface area contributed by atoms with Crippen molar-refractivity contribution in [2.24, 2.45) is 5.92 Å². The van der Waals surface area contributed by atoms with Gasteiger partial charge in [-0.05, 0) is 61.4 Å². The molecule has 28 heavy (non-hydrogen) atoms. The molecule has 0 atom stereocenters. The van der Waals surface area contributed by atoms with Crippen LogP contribution in [0.15, 0.2) is 42.5 Å². The molecular formula is C23H25N3O2. The zero-order valence-electron chi connectivity index (χ0n) is 15.9. The van der Waals surface area contributed by atoms with Gasteiger partial charge in [0.25, 0.3) is 5.91 Å². The van der Waals surface area contributed by atoms with Crippen LogP contribution in [0.1, 0.15) is 47.2 Å². The molecule has 5 heteroatoms. The minimum absolute atomic E-state index is 0.0427. The lowest BCUT2D eigenvalue weighted by Gasteiger charge is -2.32. The fourth-order valence-corrected chi connectivity index (χ4v) is 3.85. The van der Waals surface area contributed by atoms with E-state index in [9.17, 15) is 9.59 Å². The Kier molecular flexibility index (Phi) is 4.30. The monoisotopic (exact) mass is 375 g/mol. The van der Waals surface area contributed by atoms with Crippen LogP contribution in [-0.4, -0.2) is 24.4 Å². The van der Waals surface area contributed by atoms with Crippen molar-refractivity contribution in [3.05, 3.63) is 59.2 Å². The third-order valence-electron chi connectivity index (χ3n) is 5.84. The van der Waals surface area contributed by atoms with E-state index in [2.05, 4.69) is 39.8 Å². The summed E-state index contributed by atoms with van der Waals surface area (Å²) in [5.41, 5.74) is 5.00. The Balaban J connectivity index is 1.43. The molecule has 2 aliphatic carbocycles. The molecule has 1 heterocycles. The molecule has 2 saturated carbocycles. The molecule has 0 saturated heterocycles. The van der Waals surface area contributed by atoms with Crippen LogP contribution in [0.3, 0.4) is 0 Å². The Labute approximate surface area is 165 Å². The zero-order chi connectivity index (χ0) is 19.1. The molecule has 0 bridgehead atoms. The van der Waals surface area contributed by atoms with E-state index in [1.165, 1.54) is 11.1 Å². The first kappa shape index (κ1) is 17.3. The molecule has 0 unspecified atom stereocenters. The van der Waals surface area contributed by atoms with Crippen LogP contribution in [0.4, 0.5) is 11.4 Å². The fourth-order valence-electron chi connectivity index (χ4n) is 3.85. The van der Waals surface area contributed by atoms with Crippen molar-refractivity contribution in [3.8, 4) is 0 Å². The van der Waals surface area contributed by atoms with E-state index in [0.29, 0.717) is 17.3 Å². The number of fused-ring (bicyclic) bond motifs is 1. The van der Waals surface area contributed by atoms with Crippen molar-refractivity contribution >= 4 is 23.2 Å². The third kappa shape index (κ3) is 3.61. The predicted octanol–water partition coefficient (Wildman–Crippen LogP) is 3.49. The quantitative estimate of drug-likeness (QED) is 0.841. The van der Waals surface area contributed by atoms with Gasteiger partial charge in [0.2, 0.25) is 5.91 Å². The average Bonchev–Trinajstić information content (AvgIpc) is 3.61. The molecule has 2 N–H and O–H groups in total. The van der Waals surface area contributed by atoms with Crippen LogP contribution in [0, 0.1) is 5.92 Å². The number of anilines is 2. The van der Waals surface area contributed by atoms with E-state index < -0.39 is 0 Å². The Morgan fingerprint density at radius 1 is 0.964 bits per heavy atom. The summed E-state index contributed by atoms with van der Waals surface area (Å²) in [6.07, 6.45) is 5.00. The summed E-state index contributed by atoms with van der Waals surface area (Å²) in [5, 5.41) is 6.08. The van der Waals surface area contributed by atoms with Crippen molar-refractivity contribution in [3.63, 3.8) is 0 Å². The number of benzene rings is 2. The van der Waals surface area contributed by atoms with Crippen LogP contribution in [0.2, 0.25) is 0 Å². The number of carbonyl (C=O) groups is 2. The normalized spacial score (nSPS) is 18.4.